The van der Waals surface area contributed by atoms with Gasteiger partial charge in [0.25, 0.3) is 0 Å². The van der Waals surface area contributed by atoms with Crippen molar-refractivity contribution in [2.45, 2.75) is 69.2 Å². The summed E-state index contributed by atoms with van der Waals surface area (Å²) in [4.78, 5) is 16.2. The van der Waals surface area contributed by atoms with Gasteiger partial charge < -0.3 is 14.4 Å². The first-order valence-corrected chi connectivity index (χ1v) is 17.6. The van der Waals surface area contributed by atoms with Crippen molar-refractivity contribution in [3.63, 3.8) is 0 Å². The number of halogens is 1. The molecule has 5 aromatic rings. The molecular weight excluding hydrogens is 632 g/mol. The van der Waals surface area contributed by atoms with E-state index in [-0.39, 0.29) is 5.69 Å². The van der Waals surface area contributed by atoms with E-state index in [0.29, 0.717) is 37.6 Å². The fourth-order valence-electron chi connectivity index (χ4n) is 7.45. The van der Waals surface area contributed by atoms with Crippen LogP contribution >= 0.6 is 23.4 Å². The highest BCUT2D eigenvalue weighted by molar-refractivity contribution is 7.98. The second kappa shape index (κ2) is 12.7. The third kappa shape index (κ3) is 5.85. The number of ether oxygens (including phenoxy) is 1. The third-order valence-electron chi connectivity index (χ3n) is 9.76. The predicted molar refractivity (Wildman–Crippen MR) is 187 cm³/mol. The van der Waals surface area contributed by atoms with E-state index in [2.05, 4.69) is 30.1 Å². The van der Waals surface area contributed by atoms with Gasteiger partial charge in [0.15, 0.2) is 0 Å². The van der Waals surface area contributed by atoms with Crippen molar-refractivity contribution in [1.29, 1.82) is 0 Å². The van der Waals surface area contributed by atoms with Crippen LogP contribution in [0.15, 0.2) is 35.2 Å². The zero-order valence-corrected chi connectivity index (χ0v) is 29.3. The lowest BCUT2D eigenvalue weighted by Crippen LogP contribution is -2.18. The van der Waals surface area contributed by atoms with E-state index < -0.39 is 5.97 Å². The lowest BCUT2D eigenvalue weighted by molar-refractivity contribution is 0.0685. The lowest BCUT2D eigenvalue weighted by atomic mass is 9.91. The highest BCUT2D eigenvalue weighted by Crippen LogP contribution is 2.42. The summed E-state index contributed by atoms with van der Waals surface area (Å²) in [5.74, 6) is 0.825. The Hall–Kier alpha value is -3.73. The maximum Gasteiger partial charge on any atom is 0.352 e. The van der Waals surface area contributed by atoms with Gasteiger partial charge in [0.2, 0.25) is 0 Å². The normalized spacial score (nSPS) is 16.0. The van der Waals surface area contributed by atoms with Crippen LogP contribution in [0.1, 0.15) is 69.2 Å². The Morgan fingerprint density at radius 3 is 2.53 bits per heavy atom. The van der Waals surface area contributed by atoms with Crippen molar-refractivity contribution < 1.29 is 14.6 Å². The second-order valence-electron chi connectivity index (χ2n) is 13.0. The number of aromatic carboxylic acids is 1. The average molecular weight is 673 g/mol. The van der Waals surface area contributed by atoms with Gasteiger partial charge in [0.05, 0.1) is 28.5 Å². The molecule has 9 nitrogen and oxygen atoms in total. The fraction of sp³-hybridized carbons (Fsp3) is 0.417. The molecule has 1 N–H and O–H groups in total. The van der Waals surface area contributed by atoms with Crippen molar-refractivity contribution in [3.8, 4) is 16.9 Å². The molecule has 7 rings (SSSR count). The number of benzene rings is 2. The minimum absolute atomic E-state index is 0.285. The van der Waals surface area contributed by atoms with Crippen LogP contribution < -0.4 is 4.74 Å². The third-order valence-corrected chi connectivity index (χ3v) is 11.1. The summed E-state index contributed by atoms with van der Waals surface area (Å²) in [6, 6.07) is 10.6. The second-order valence-corrected chi connectivity index (χ2v) is 14.4. The van der Waals surface area contributed by atoms with Crippen LogP contribution in [0.5, 0.6) is 5.75 Å². The summed E-state index contributed by atoms with van der Waals surface area (Å²) in [6.07, 6.45) is 5.72. The molecule has 0 saturated heterocycles. The average Bonchev–Trinajstić information content (AvgIpc) is 3.62. The molecule has 0 amide bonds. The Kier molecular flexibility index (Phi) is 8.61. The first-order chi connectivity index (χ1) is 22.6. The minimum atomic E-state index is -0.951. The summed E-state index contributed by atoms with van der Waals surface area (Å²) >= 11 is 8.84. The van der Waals surface area contributed by atoms with E-state index in [1.54, 1.807) is 4.57 Å². The predicted octanol–water partition coefficient (Wildman–Crippen LogP) is 7.10. The molecule has 0 unspecified atom stereocenters. The molecule has 1 aliphatic carbocycles. The first kappa shape index (κ1) is 31.8. The van der Waals surface area contributed by atoms with Gasteiger partial charge in [-0.25, -0.2) is 4.79 Å². The number of carboxylic acids is 1. The van der Waals surface area contributed by atoms with Gasteiger partial charge in [-0.15, -0.1) is 11.8 Å². The molecule has 0 radical (unpaired) electrons. The van der Waals surface area contributed by atoms with Gasteiger partial charge in [-0.2, -0.15) is 10.2 Å². The smallest absolute Gasteiger partial charge is 0.352 e. The first-order valence-electron chi connectivity index (χ1n) is 16.3. The lowest BCUT2D eigenvalue weighted by Gasteiger charge is -2.21. The fourth-order valence-corrected chi connectivity index (χ4v) is 8.70. The van der Waals surface area contributed by atoms with E-state index in [0.717, 1.165) is 69.0 Å². The zero-order valence-electron chi connectivity index (χ0n) is 27.7. The maximum absolute atomic E-state index is 12.8. The van der Waals surface area contributed by atoms with Gasteiger partial charge >= 0.3 is 5.97 Å². The molecule has 1 aliphatic heterocycles. The zero-order chi connectivity index (χ0) is 33.0. The molecule has 0 spiro atoms. The summed E-state index contributed by atoms with van der Waals surface area (Å²) < 4.78 is 12.2. The number of aryl methyl sites for hydroxylation is 5. The maximum atomic E-state index is 12.8. The van der Waals surface area contributed by atoms with Gasteiger partial charge in [-0.3, -0.25) is 14.3 Å². The van der Waals surface area contributed by atoms with E-state index in [9.17, 15) is 9.90 Å². The van der Waals surface area contributed by atoms with Gasteiger partial charge in [0.1, 0.15) is 11.4 Å². The molecule has 2 aromatic carbocycles. The number of nitrogens with zero attached hydrogens (tertiary/aromatic N) is 6. The van der Waals surface area contributed by atoms with Gasteiger partial charge in [-0.1, -0.05) is 17.7 Å². The van der Waals surface area contributed by atoms with Crippen LogP contribution in [0, 0.1) is 6.92 Å². The van der Waals surface area contributed by atoms with E-state index in [1.807, 2.05) is 61.3 Å². The standard InChI is InChI=1S/C36H41ClN6O3S/c1-21-32-30(39-42(21)4)19-40(2)18-23-16-24(43(5)38-23)20-47-25-15-22-9-6-7-10-26(22)31(17-25)46-14-8-11-27-28-12-13-29(37)33(32)34(28)41(3)35(27)36(44)45/h12-13,15-17H,6-11,14,18-20H2,1-5H3,(H,44,45). The molecule has 0 atom stereocenters. The van der Waals surface area contributed by atoms with Crippen LogP contribution in [-0.4, -0.2) is 53.8 Å². The minimum Gasteiger partial charge on any atom is -0.493 e. The van der Waals surface area contributed by atoms with Crippen molar-refractivity contribution in [2.24, 2.45) is 21.1 Å². The molecule has 8 bridgehead atoms. The number of aromatic nitrogens is 5. The topological polar surface area (TPSA) is 90.3 Å². The monoisotopic (exact) mass is 672 g/mol. The highest BCUT2D eigenvalue weighted by Gasteiger charge is 2.28. The number of rotatable bonds is 1. The summed E-state index contributed by atoms with van der Waals surface area (Å²) in [7, 11) is 7.86. The number of carboxylic acid groups (broad SMARTS) is 1. The number of hydrogen-bond acceptors (Lipinski definition) is 6. The number of hydrogen-bond donors (Lipinski definition) is 1. The van der Waals surface area contributed by atoms with E-state index in [1.165, 1.54) is 34.6 Å². The molecule has 246 valence electrons. The summed E-state index contributed by atoms with van der Waals surface area (Å²) in [6.45, 7) is 3.76. The van der Waals surface area contributed by atoms with Crippen LogP contribution in [0.4, 0.5) is 0 Å². The quantitative estimate of drug-likeness (QED) is 0.203. The van der Waals surface area contributed by atoms with Gasteiger partial charge in [0, 0.05) is 72.8 Å². The molecule has 47 heavy (non-hydrogen) atoms. The summed E-state index contributed by atoms with van der Waals surface area (Å²) in [5.41, 5.74) is 10.4. The Balaban J connectivity index is 1.36. The Morgan fingerprint density at radius 1 is 0.936 bits per heavy atom. The molecular formula is C36H41ClN6O3S. The number of carbonyl (C=O) groups is 1. The largest absolute Gasteiger partial charge is 0.493 e. The molecule has 0 saturated carbocycles. The number of thioether (sulfide) groups is 1. The highest BCUT2D eigenvalue weighted by atomic mass is 35.5. The Morgan fingerprint density at radius 2 is 1.72 bits per heavy atom. The number of fused-ring (bicyclic) bond motifs is 8. The molecule has 4 heterocycles. The van der Waals surface area contributed by atoms with Crippen molar-refractivity contribution in [1.82, 2.24) is 29.0 Å². The molecule has 3 aromatic heterocycles. The van der Waals surface area contributed by atoms with Crippen molar-refractivity contribution in [2.75, 3.05) is 13.7 Å². The molecule has 11 heteroatoms. The van der Waals surface area contributed by atoms with E-state index >= 15 is 0 Å². The van der Waals surface area contributed by atoms with Gasteiger partial charge in [-0.05, 0) is 93.5 Å². The Labute approximate surface area is 284 Å². The van der Waals surface area contributed by atoms with Crippen LogP contribution in [0.25, 0.3) is 22.0 Å². The van der Waals surface area contributed by atoms with Crippen LogP contribution in [-0.2, 0) is 59.2 Å². The van der Waals surface area contributed by atoms with Crippen LogP contribution in [0.2, 0.25) is 5.02 Å². The van der Waals surface area contributed by atoms with Crippen LogP contribution in [0.3, 0.4) is 0 Å². The van der Waals surface area contributed by atoms with Crippen molar-refractivity contribution >= 4 is 40.2 Å². The molecule has 2 aliphatic rings. The SMILES string of the molecule is Cc1c2c(nn1C)CN(C)Cc1cc(n(C)n1)CSc1cc3c(c(c1)OCCCc1c(C(=O)O)n(C)c4c-2c(Cl)ccc14)CCCC3. The Bertz CT molecular complexity index is 2030. The van der Waals surface area contributed by atoms with E-state index in [4.69, 9.17) is 26.5 Å². The summed E-state index contributed by atoms with van der Waals surface area (Å²) in [5, 5.41) is 21.7. The molecule has 0 fully saturated rings. The van der Waals surface area contributed by atoms with Crippen molar-refractivity contribution in [3.05, 3.63) is 80.5 Å².